The third-order valence-electron chi connectivity index (χ3n) is 26.4. The molecule has 19 heteroatoms. The average Bonchev–Trinajstić information content (AvgIpc) is 1.53. The first-order chi connectivity index (χ1) is 38.4. The zero-order valence-corrected chi connectivity index (χ0v) is 61.4. The Bertz CT molecular complexity index is 2090. The fourth-order valence-corrected chi connectivity index (χ4v) is 21.9. The van der Waals surface area contributed by atoms with E-state index in [1.807, 2.05) is 0 Å². The van der Waals surface area contributed by atoms with Crippen LogP contribution in [-0.4, -0.2) is 126 Å². The number of ether oxygens (including phenoxy) is 4. The third-order valence-corrected chi connectivity index (χ3v) is 26.4. The van der Waals surface area contributed by atoms with Crippen molar-refractivity contribution in [3.05, 3.63) is 24.1 Å². The number of fused-ring (bicyclic) bond motifs is 8. The monoisotopic (exact) mass is 1620 g/mol. The maximum atomic E-state index is 11.7. The molecule has 0 radical (unpaired) electrons. The minimum Gasteiger partial charge on any atom is -0.870 e. The van der Waals surface area contributed by atoms with Crippen molar-refractivity contribution in [2.24, 2.45) is 92.7 Å². The summed E-state index contributed by atoms with van der Waals surface area (Å²) in [5.74, 6) is 9.10. The largest absolute Gasteiger partial charge is 2.00 e. The molecule has 0 amide bonds. The first-order valence-electron chi connectivity index (χ1n) is 34.1. The summed E-state index contributed by atoms with van der Waals surface area (Å²) in [5, 5.41) is 30.3. The van der Waals surface area contributed by atoms with E-state index in [9.17, 15) is 20.0 Å². The Morgan fingerprint density at radius 2 is 1.06 bits per heavy atom. The number of hydrogen-bond acceptors (Lipinski definition) is 9. The third kappa shape index (κ3) is 18.3. The van der Waals surface area contributed by atoms with Gasteiger partial charge in [0.2, 0.25) is 6.54 Å². The van der Waals surface area contributed by atoms with E-state index in [1.165, 1.54) is 128 Å². The summed E-state index contributed by atoms with van der Waals surface area (Å²) in [6, 6.07) is -0.160. The Morgan fingerprint density at radius 3 is 1.43 bits per heavy atom. The number of hydrogen-bond donors (Lipinski definition) is 4. The van der Waals surface area contributed by atoms with Gasteiger partial charge in [0.1, 0.15) is 17.7 Å². The van der Waals surface area contributed by atoms with E-state index in [1.54, 1.807) is 6.29 Å². The molecule has 89 heavy (non-hydrogen) atoms. The van der Waals surface area contributed by atoms with Gasteiger partial charge in [0.05, 0.1) is 44.2 Å². The van der Waals surface area contributed by atoms with E-state index in [0.717, 1.165) is 110 Å². The van der Waals surface area contributed by atoms with Crippen molar-refractivity contribution in [1.29, 1.82) is 0 Å². The van der Waals surface area contributed by atoms with Crippen LogP contribution in [0.15, 0.2) is 0 Å². The summed E-state index contributed by atoms with van der Waals surface area (Å²) in [4.78, 5) is 21.2. The van der Waals surface area contributed by atoms with E-state index < -0.39 is 5.97 Å². The van der Waals surface area contributed by atoms with Crippen molar-refractivity contribution < 1.29 is 126 Å². The Balaban J connectivity index is 0.000000731. The van der Waals surface area contributed by atoms with Crippen LogP contribution in [-0.2, 0) is 70.7 Å². The van der Waals surface area contributed by atoms with Crippen molar-refractivity contribution in [3.8, 4) is 0 Å². The summed E-state index contributed by atoms with van der Waals surface area (Å²) >= 11 is 0. The zero-order chi connectivity index (χ0) is 58.3. The summed E-state index contributed by atoms with van der Waals surface area (Å²) in [5.41, 5.74) is 16.1. The van der Waals surface area contributed by atoms with Crippen LogP contribution in [0.4, 0.5) is 0 Å². The molecule has 9 aliphatic carbocycles. The van der Waals surface area contributed by atoms with E-state index in [-0.39, 0.29) is 162 Å². The van der Waals surface area contributed by atoms with Crippen LogP contribution < -0.4 is 29.0 Å². The molecule has 11 rings (SSSR count). The molecule has 16 nitrogen and oxygen atoms in total. The van der Waals surface area contributed by atoms with Gasteiger partial charge in [0.15, 0.2) is 0 Å². The molecule has 2 heterocycles. The number of nitrogens with one attached hydrogen (secondary N) is 4. The van der Waals surface area contributed by atoms with Crippen LogP contribution in [0.5, 0.6) is 0 Å². The average molecular weight is 1620 g/mol. The van der Waals surface area contributed by atoms with Gasteiger partial charge in [0, 0.05) is 44.7 Å². The molecule has 0 aromatic carbocycles. The summed E-state index contributed by atoms with van der Waals surface area (Å²) < 4.78 is 25.7. The predicted octanol–water partition coefficient (Wildman–Crippen LogP) is 8.76. The quantitative estimate of drug-likeness (QED) is 0.0346. The number of aliphatic carboxylic acids is 1. The second-order valence-electron chi connectivity index (χ2n) is 31.6. The first kappa shape index (κ1) is 87.6. The van der Waals surface area contributed by atoms with Gasteiger partial charge >= 0.3 is 45.9 Å². The van der Waals surface area contributed by atoms with Gasteiger partial charge in [-0.2, -0.15) is 17.1 Å². The molecule has 11 unspecified atom stereocenters. The molecule has 2 spiro atoms. The molecule has 24 atom stereocenters. The van der Waals surface area contributed by atoms with Gasteiger partial charge in [-0.05, 0) is 178 Å². The number of carboxylic acid groups (broad SMARTS) is 1. The summed E-state index contributed by atoms with van der Waals surface area (Å²) in [6.07, 6.45) is 35.6. The maximum absolute atomic E-state index is 11.7. The zero-order valence-electron chi connectivity index (χ0n) is 56.9. The van der Waals surface area contributed by atoms with Crippen molar-refractivity contribution in [1.82, 2.24) is 0 Å². The molecule has 2 saturated heterocycles. The topological polar surface area (TPSA) is 291 Å². The van der Waals surface area contributed by atoms with Crippen LogP contribution in [0, 0.1) is 105 Å². The van der Waals surface area contributed by atoms with Gasteiger partial charge in [-0.1, -0.05) is 141 Å². The van der Waals surface area contributed by atoms with Crippen molar-refractivity contribution in [2.45, 2.75) is 291 Å². The Labute approximate surface area is 582 Å². The standard InChI is InChI=1S/C31H53NO5.C31H52NO4.C6H12N2.CH4.CH3.Li.3H2O.2Pt/c1-20(2)7-6-8-21(3)24-9-10-25-23-17-27-31(37-27)18-22(36-16-15-32(35)19-28(33)34)11-14-30(31,5)26(23)12-13-29(24,25)4;1-21(2)7-6-8-22(3)25-9-10-26-24-19-28-31(36-28)20-23(35-18-16-32(34)15-17-33)11-14-30(31,5)27(24)12-13-29(25,26)4;7-5-3-1-2-4-6(5)8;;;;;;;;/h20-27,35H,6-19H2,1-5H3,(H,33,34);21-28,32H,6-16,18-20H2,1-5H3;5-8H,1-4H2;1H4;1H3;;3*1H2;;/q;-1;-2;;-1;+1;;;;;+2/t21-,22+,23+,24-,25+,26+,27?,29-,30-,31?;22-,23+,24?,25-,26?,27?,28?,29-,30-,31?;;;;;;;;;/m11........./s1. The minimum absolute atomic E-state index is 0. The molecular weight excluding hydrogens is 1490 g/mol. The minimum atomic E-state index is -0.992. The maximum Gasteiger partial charge on any atom is 2.00 e. The second kappa shape index (κ2) is 36.4. The van der Waals surface area contributed by atoms with Crippen LogP contribution >= 0.6 is 0 Å². The number of carbonyl (C=O) groups is 1. The van der Waals surface area contributed by atoms with E-state index >= 15 is 0 Å². The van der Waals surface area contributed by atoms with Gasteiger partial charge in [-0.3, -0.25) is 0 Å². The number of quaternary nitrogens is 2. The van der Waals surface area contributed by atoms with Gasteiger partial charge < -0.3 is 74.4 Å². The number of carboxylic acids is 1. The molecule has 11 N–H and O–H groups in total. The fourth-order valence-electron chi connectivity index (χ4n) is 21.9. The van der Waals surface area contributed by atoms with E-state index in [4.69, 9.17) is 35.5 Å². The molecule has 524 valence electrons. The van der Waals surface area contributed by atoms with Crippen LogP contribution in [0.2, 0.25) is 0 Å². The number of hydroxylamine groups is 4. The molecule has 0 aromatic heterocycles. The first-order valence-corrected chi connectivity index (χ1v) is 34.1. The van der Waals surface area contributed by atoms with Crippen molar-refractivity contribution in [2.75, 3.05) is 39.4 Å². The fraction of sp³-hybridized carbons (Fsp3) is 0.957. The van der Waals surface area contributed by atoms with Crippen molar-refractivity contribution in [3.63, 3.8) is 0 Å². The molecule has 0 aromatic rings. The van der Waals surface area contributed by atoms with Crippen LogP contribution in [0.25, 0.3) is 11.5 Å². The van der Waals surface area contributed by atoms with Crippen molar-refractivity contribution >= 4 is 12.3 Å². The molecular formula is C70H130LiN4O12Pt2-. The normalized spacial score (nSPS) is 41.6. The van der Waals surface area contributed by atoms with E-state index in [2.05, 4.69) is 69.2 Å². The summed E-state index contributed by atoms with van der Waals surface area (Å²) in [6.45, 7) is 26.1. The SMILES string of the molecule is C.CC(C)CCC[C@@H](C)[C@H]1CCC2C3CC4OC45C[C@@H](OCC[NH+]([O-])C[C-]=O)CC[C@]5(C)C3CC[C@@]21C.CC(C)CCC[C@@H](C)[C@H]1CC[C@H]2[C@@H]3CC4OC45C[C@@H](OCC[NH+](O)CC(=O)O)CC[C@]5(C)[C@H]3CC[C@]12C.O.O.[CH3-].[Li+].[NH-]C1CCCCC1[NH-].[OH-].[Pt+2].[Pt]. The number of rotatable bonds is 22. The molecule has 11 fully saturated rings. The van der Waals surface area contributed by atoms with Gasteiger partial charge in [-0.15, -0.1) is 0 Å². The molecule has 9 saturated carbocycles. The molecule has 2 aliphatic heterocycles. The molecule has 0 bridgehead atoms. The van der Waals surface area contributed by atoms with E-state index in [0.29, 0.717) is 49.3 Å². The predicted molar refractivity (Wildman–Crippen MR) is 341 cm³/mol. The second-order valence-corrected chi connectivity index (χ2v) is 31.6. The number of epoxide rings is 2. The van der Waals surface area contributed by atoms with Gasteiger partial charge in [-0.25, -0.2) is 16.3 Å². The van der Waals surface area contributed by atoms with Crippen LogP contribution in [0.3, 0.4) is 0 Å². The smallest absolute Gasteiger partial charge is 0.870 e. The summed E-state index contributed by atoms with van der Waals surface area (Å²) in [7, 11) is 0. The Kier molecular flexibility index (Phi) is 35.9. The van der Waals surface area contributed by atoms with Crippen LogP contribution in [0.1, 0.15) is 244 Å². The Hall–Kier alpha value is 0.594. The number of carbonyl (C=O) groups excluding carboxylic acids is 1. The molecule has 11 aliphatic rings. The van der Waals surface area contributed by atoms with Gasteiger partial charge in [0.25, 0.3) is 0 Å². The Morgan fingerprint density at radius 1 is 0.652 bits per heavy atom.